The molecule has 1 aliphatic rings. The van der Waals surface area contributed by atoms with E-state index in [1.165, 1.54) is 25.7 Å². The van der Waals surface area contributed by atoms with Gasteiger partial charge in [0.15, 0.2) is 5.78 Å². The quantitative estimate of drug-likeness (QED) is 0.385. The molecule has 3 rings (SSSR count). The summed E-state index contributed by atoms with van der Waals surface area (Å²) in [6.07, 6.45) is 4.72. The Bertz CT molecular complexity index is 768. The van der Waals surface area contributed by atoms with E-state index in [0.29, 0.717) is 24.3 Å². The SMILES string of the molecule is CCCCNCCOc1ccc2c(c1)C(=O)c1cc(OCCNCCCC)ccc1-2. The fraction of sp³-hybridized carbons (Fsp3) is 0.480. The summed E-state index contributed by atoms with van der Waals surface area (Å²) in [4.78, 5) is 13.0. The number of ketones is 1. The molecule has 0 saturated heterocycles. The van der Waals surface area contributed by atoms with Crippen molar-refractivity contribution in [2.75, 3.05) is 39.4 Å². The number of rotatable bonds is 14. The third-order valence-electron chi connectivity index (χ3n) is 5.27. The van der Waals surface area contributed by atoms with Gasteiger partial charge in [0.1, 0.15) is 24.7 Å². The Labute approximate surface area is 180 Å². The van der Waals surface area contributed by atoms with Crippen molar-refractivity contribution in [2.24, 2.45) is 0 Å². The molecular weight excluding hydrogens is 376 g/mol. The summed E-state index contributed by atoms with van der Waals surface area (Å²) in [5.41, 5.74) is 3.35. The van der Waals surface area contributed by atoms with Gasteiger partial charge in [-0.2, -0.15) is 0 Å². The van der Waals surface area contributed by atoms with Gasteiger partial charge in [-0.3, -0.25) is 4.79 Å². The molecule has 5 heteroatoms. The van der Waals surface area contributed by atoms with Gasteiger partial charge >= 0.3 is 0 Å². The summed E-state index contributed by atoms with van der Waals surface area (Å²) in [5, 5.41) is 6.72. The molecule has 2 N–H and O–H groups in total. The van der Waals surface area contributed by atoms with E-state index < -0.39 is 0 Å². The number of benzene rings is 2. The van der Waals surface area contributed by atoms with Crippen LogP contribution in [0.3, 0.4) is 0 Å². The monoisotopic (exact) mass is 410 g/mol. The number of carbonyl (C=O) groups is 1. The lowest BCUT2D eigenvalue weighted by molar-refractivity contribution is 0.104. The predicted molar refractivity (Wildman–Crippen MR) is 122 cm³/mol. The first-order chi connectivity index (χ1) is 14.7. The predicted octanol–water partition coefficient (Wildman–Crippen LogP) is 4.44. The highest BCUT2D eigenvalue weighted by molar-refractivity contribution is 6.22. The van der Waals surface area contributed by atoms with Crippen LogP contribution < -0.4 is 20.1 Å². The maximum Gasteiger partial charge on any atom is 0.194 e. The number of ether oxygens (including phenoxy) is 2. The van der Waals surface area contributed by atoms with Gasteiger partial charge < -0.3 is 20.1 Å². The summed E-state index contributed by atoms with van der Waals surface area (Å²) in [6.45, 7) is 9.17. The van der Waals surface area contributed by atoms with Crippen LogP contribution in [-0.4, -0.2) is 45.2 Å². The topological polar surface area (TPSA) is 59.6 Å². The van der Waals surface area contributed by atoms with Crippen molar-refractivity contribution in [3.05, 3.63) is 47.5 Å². The molecule has 0 radical (unpaired) electrons. The molecule has 162 valence electrons. The largest absolute Gasteiger partial charge is 0.492 e. The Morgan fingerprint density at radius 2 is 1.13 bits per heavy atom. The van der Waals surface area contributed by atoms with Crippen molar-refractivity contribution >= 4 is 5.78 Å². The zero-order chi connectivity index (χ0) is 21.2. The molecule has 0 aliphatic heterocycles. The lowest BCUT2D eigenvalue weighted by Gasteiger charge is -2.09. The molecule has 0 atom stereocenters. The minimum absolute atomic E-state index is 0.0399. The molecule has 0 unspecified atom stereocenters. The van der Waals surface area contributed by atoms with Gasteiger partial charge in [-0.25, -0.2) is 0 Å². The lowest BCUT2D eigenvalue weighted by Crippen LogP contribution is -2.22. The van der Waals surface area contributed by atoms with Crippen molar-refractivity contribution in [1.29, 1.82) is 0 Å². The van der Waals surface area contributed by atoms with E-state index in [-0.39, 0.29) is 5.78 Å². The first-order valence-electron chi connectivity index (χ1n) is 11.2. The average Bonchev–Trinajstić information content (AvgIpc) is 3.04. The second kappa shape index (κ2) is 11.7. The van der Waals surface area contributed by atoms with Crippen LogP contribution in [0.2, 0.25) is 0 Å². The van der Waals surface area contributed by atoms with Gasteiger partial charge in [-0.1, -0.05) is 26.7 Å². The van der Waals surface area contributed by atoms with Crippen molar-refractivity contribution < 1.29 is 14.3 Å². The Kier molecular flexibility index (Phi) is 8.72. The van der Waals surface area contributed by atoms with E-state index in [4.69, 9.17) is 9.47 Å². The minimum Gasteiger partial charge on any atom is -0.492 e. The highest BCUT2D eigenvalue weighted by Crippen LogP contribution is 2.39. The van der Waals surface area contributed by atoms with Gasteiger partial charge in [-0.15, -0.1) is 0 Å². The Balaban J connectivity index is 1.55. The maximum absolute atomic E-state index is 13.0. The van der Waals surface area contributed by atoms with E-state index in [0.717, 1.165) is 48.8 Å². The fourth-order valence-electron chi connectivity index (χ4n) is 3.55. The Hall–Kier alpha value is -2.37. The molecule has 2 aromatic carbocycles. The summed E-state index contributed by atoms with van der Waals surface area (Å²) >= 11 is 0. The molecule has 30 heavy (non-hydrogen) atoms. The number of hydrogen-bond acceptors (Lipinski definition) is 5. The first kappa shape index (κ1) is 22.3. The van der Waals surface area contributed by atoms with E-state index in [9.17, 15) is 4.79 Å². The zero-order valence-electron chi connectivity index (χ0n) is 18.3. The Morgan fingerprint density at radius 1 is 0.667 bits per heavy atom. The first-order valence-corrected chi connectivity index (χ1v) is 11.2. The third kappa shape index (κ3) is 5.83. The van der Waals surface area contributed by atoms with E-state index >= 15 is 0 Å². The molecule has 0 spiro atoms. The summed E-state index contributed by atoms with van der Waals surface area (Å²) in [7, 11) is 0. The Morgan fingerprint density at radius 3 is 1.57 bits per heavy atom. The van der Waals surface area contributed by atoms with Crippen LogP contribution in [0.1, 0.15) is 55.5 Å². The molecule has 2 aromatic rings. The van der Waals surface area contributed by atoms with Crippen LogP contribution in [0.15, 0.2) is 36.4 Å². The van der Waals surface area contributed by atoms with Gasteiger partial charge in [0.2, 0.25) is 0 Å². The summed E-state index contributed by atoms with van der Waals surface area (Å²) < 4.78 is 11.7. The van der Waals surface area contributed by atoms with E-state index in [1.807, 2.05) is 36.4 Å². The maximum atomic E-state index is 13.0. The van der Waals surface area contributed by atoms with Crippen molar-refractivity contribution in [2.45, 2.75) is 39.5 Å². The molecule has 5 nitrogen and oxygen atoms in total. The smallest absolute Gasteiger partial charge is 0.194 e. The lowest BCUT2D eigenvalue weighted by atomic mass is 10.1. The van der Waals surface area contributed by atoms with Crippen LogP contribution in [0.25, 0.3) is 11.1 Å². The molecule has 1 aliphatic carbocycles. The van der Waals surface area contributed by atoms with Crippen molar-refractivity contribution in [3.63, 3.8) is 0 Å². The van der Waals surface area contributed by atoms with Crippen LogP contribution in [0.4, 0.5) is 0 Å². The fourth-order valence-corrected chi connectivity index (χ4v) is 3.55. The van der Waals surface area contributed by atoms with Gasteiger partial charge in [0, 0.05) is 24.2 Å². The molecule has 0 aromatic heterocycles. The van der Waals surface area contributed by atoms with Crippen LogP contribution in [-0.2, 0) is 0 Å². The zero-order valence-corrected chi connectivity index (χ0v) is 18.3. The number of hydrogen-bond donors (Lipinski definition) is 2. The molecule has 0 saturated carbocycles. The van der Waals surface area contributed by atoms with Gasteiger partial charge in [0.25, 0.3) is 0 Å². The van der Waals surface area contributed by atoms with Crippen molar-refractivity contribution in [1.82, 2.24) is 10.6 Å². The number of fused-ring (bicyclic) bond motifs is 3. The summed E-state index contributed by atoms with van der Waals surface area (Å²) in [5.74, 6) is 1.52. The van der Waals surface area contributed by atoms with Crippen LogP contribution >= 0.6 is 0 Å². The second-order valence-corrected chi connectivity index (χ2v) is 7.65. The minimum atomic E-state index is 0.0399. The molecule has 0 amide bonds. The van der Waals surface area contributed by atoms with Gasteiger partial charge in [0.05, 0.1) is 0 Å². The molecule has 0 bridgehead atoms. The molecule has 0 heterocycles. The van der Waals surface area contributed by atoms with Crippen molar-refractivity contribution in [3.8, 4) is 22.6 Å². The molecular formula is C25H34N2O3. The normalized spacial score (nSPS) is 12.0. The molecule has 0 fully saturated rings. The second-order valence-electron chi connectivity index (χ2n) is 7.65. The van der Waals surface area contributed by atoms with E-state index in [2.05, 4.69) is 24.5 Å². The van der Waals surface area contributed by atoms with Crippen LogP contribution in [0.5, 0.6) is 11.5 Å². The highest BCUT2D eigenvalue weighted by atomic mass is 16.5. The van der Waals surface area contributed by atoms with E-state index in [1.54, 1.807) is 0 Å². The standard InChI is InChI=1S/C25H34N2O3/c1-3-5-11-26-13-15-29-19-7-9-21-22-10-8-20(30-16-14-27-12-6-4-2)18-24(22)25(28)23(21)17-19/h7-10,17-18,26-27H,3-6,11-16H2,1-2H3. The summed E-state index contributed by atoms with van der Waals surface area (Å²) in [6, 6.07) is 11.6. The number of nitrogens with one attached hydrogen (secondary N) is 2. The third-order valence-corrected chi connectivity index (χ3v) is 5.27. The number of carbonyl (C=O) groups excluding carboxylic acids is 1. The van der Waals surface area contributed by atoms with Gasteiger partial charge in [-0.05, 0) is 73.5 Å². The average molecular weight is 411 g/mol. The number of unbranched alkanes of at least 4 members (excludes halogenated alkanes) is 2. The highest BCUT2D eigenvalue weighted by Gasteiger charge is 2.27. The van der Waals surface area contributed by atoms with Crippen LogP contribution in [0, 0.1) is 0 Å².